The second-order valence-electron chi connectivity index (χ2n) is 6.24. The maximum atomic E-state index is 12.9. The number of nitrogens with one attached hydrogen (secondary N) is 2. The number of methoxy groups -OCH3 is 3. The molecule has 0 bridgehead atoms. The molecule has 0 aliphatic carbocycles. The lowest BCUT2D eigenvalue weighted by molar-refractivity contribution is -0.116. The Labute approximate surface area is 163 Å². The van der Waals surface area contributed by atoms with Crippen LogP contribution in [0.4, 0.5) is 11.4 Å². The van der Waals surface area contributed by atoms with Crippen LogP contribution in [0, 0.1) is 0 Å². The molecular formula is C19H22N2O6S. The van der Waals surface area contributed by atoms with E-state index in [4.69, 9.17) is 14.2 Å². The minimum absolute atomic E-state index is 0.0649. The molecule has 1 aliphatic heterocycles. The number of anilines is 2. The minimum Gasteiger partial charge on any atom is -0.493 e. The average Bonchev–Trinajstić information content (AvgIpc) is 2.86. The van der Waals surface area contributed by atoms with Gasteiger partial charge in [0.25, 0.3) is 10.0 Å². The highest BCUT2D eigenvalue weighted by molar-refractivity contribution is 7.92. The van der Waals surface area contributed by atoms with Crippen molar-refractivity contribution in [3.8, 4) is 17.2 Å². The van der Waals surface area contributed by atoms with E-state index in [1.54, 1.807) is 12.1 Å². The third-order valence-corrected chi connectivity index (χ3v) is 5.81. The molecule has 2 aromatic rings. The first-order chi connectivity index (χ1) is 13.4. The maximum absolute atomic E-state index is 12.9. The third kappa shape index (κ3) is 3.99. The van der Waals surface area contributed by atoms with Crippen LogP contribution in [0.25, 0.3) is 0 Å². The highest BCUT2D eigenvalue weighted by atomic mass is 32.2. The van der Waals surface area contributed by atoms with E-state index in [1.165, 1.54) is 39.5 Å². The first-order valence-electron chi connectivity index (χ1n) is 8.63. The number of sulfonamides is 1. The van der Waals surface area contributed by atoms with Gasteiger partial charge in [0.2, 0.25) is 11.7 Å². The van der Waals surface area contributed by atoms with Crippen molar-refractivity contribution in [1.29, 1.82) is 0 Å². The molecule has 0 saturated heterocycles. The maximum Gasteiger partial charge on any atom is 0.261 e. The standard InChI is InChI=1S/C19H22N2O6S/c1-25-16-10-13(11-17(26-2)19(16)27-3)21-28(23,24)14-7-8-15-12(9-14)5-4-6-18(22)20-15/h7-11,21H,4-6H2,1-3H3,(H,20,22). The van der Waals surface area contributed by atoms with Gasteiger partial charge in [0.1, 0.15) is 0 Å². The number of aryl methyl sites for hydroxylation is 1. The van der Waals surface area contributed by atoms with Crippen LogP contribution in [0.15, 0.2) is 35.2 Å². The van der Waals surface area contributed by atoms with Crippen molar-refractivity contribution in [3.63, 3.8) is 0 Å². The van der Waals surface area contributed by atoms with Gasteiger partial charge < -0.3 is 19.5 Å². The van der Waals surface area contributed by atoms with Crippen LogP contribution in [-0.4, -0.2) is 35.7 Å². The fourth-order valence-electron chi connectivity index (χ4n) is 3.07. The highest BCUT2D eigenvalue weighted by Gasteiger charge is 2.21. The average molecular weight is 406 g/mol. The summed E-state index contributed by atoms with van der Waals surface area (Å²) in [7, 11) is 0.524. The van der Waals surface area contributed by atoms with Crippen molar-refractivity contribution in [2.24, 2.45) is 0 Å². The van der Waals surface area contributed by atoms with Crippen molar-refractivity contribution in [1.82, 2.24) is 0 Å². The predicted molar refractivity (Wildman–Crippen MR) is 105 cm³/mol. The molecule has 0 spiro atoms. The van der Waals surface area contributed by atoms with Crippen LogP contribution in [0.5, 0.6) is 17.2 Å². The Balaban J connectivity index is 1.94. The van der Waals surface area contributed by atoms with E-state index in [1.807, 2.05) is 0 Å². The number of rotatable bonds is 6. The van der Waals surface area contributed by atoms with E-state index in [2.05, 4.69) is 10.0 Å². The Morgan fingerprint density at radius 2 is 1.64 bits per heavy atom. The number of fused-ring (bicyclic) bond motifs is 1. The smallest absolute Gasteiger partial charge is 0.261 e. The summed E-state index contributed by atoms with van der Waals surface area (Å²) in [6, 6.07) is 7.69. The molecule has 0 radical (unpaired) electrons. The molecule has 2 N–H and O–H groups in total. The van der Waals surface area contributed by atoms with Gasteiger partial charge in [-0.1, -0.05) is 0 Å². The largest absolute Gasteiger partial charge is 0.493 e. The fourth-order valence-corrected chi connectivity index (χ4v) is 4.16. The van der Waals surface area contributed by atoms with Crippen molar-refractivity contribution < 1.29 is 27.4 Å². The van der Waals surface area contributed by atoms with E-state index < -0.39 is 10.0 Å². The summed E-state index contributed by atoms with van der Waals surface area (Å²) in [6.07, 6.45) is 1.71. The van der Waals surface area contributed by atoms with Crippen molar-refractivity contribution in [3.05, 3.63) is 35.9 Å². The lowest BCUT2D eigenvalue weighted by Gasteiger charge is -2.16. The number of hydrogen-bond acceptors (Lipinski definition) is 6. The van der Waals surface area contributed by atoms with Crippen LogP contribution in [-0.2, 0) is 21.2 Å². The molecule has 28 heavy (non-hydrogen) atoms. The minimum atomic E-state index is -3.86. The topological polar surface area (TPSA) is 103 Å². The summed E-state index contributed by atoms with van der Waals surface area (Å²) in [4.78, 5) is 11.8. The van der Waals surface area contributed by atoms with E-state index in [9.17, 15) is 13.2 Å². The van der Waals surface area contributed by atoms with Gasteiger partial charge in [0, 0.05) is 24.2 Å². The zero-order chi connectivity index (χ0) is 20.3. The van der Waals surface area contributed by atoms with E-state index in [0.717, 1.165) is 5.56 Å². The zero-order valence-corrected chi connectivity index (χ0v) is 16.7. The monoisotopic (exact) mass is 406 g/mol. The Kier molecular flexibility index (Phi) is 5.64. The summed E-state index contributed by atoms with van der Waals surface area (Å²) in [5.41, 5.74) is 1.71. The molecule has 1 aliphatic rings. The summed E-state index contributed by atoms with van der Waals surface area (Å²) in [5.74, 6) is 0.979. The van der Waals surface area contributed by atoms with Gasteiger partial charge >= 0.3 is 0 Å². The number of carbonyl (C=O) groups is 1. The molecule has 0 atom stereocenters. The summed E-state index contributed by atoms with van der Waals surface area (Å²) in [6.45, 7) is 0. The van der Waals surface area contributed by atoms with Crippen LogP contribution in [0.2, 0.25) is 0 Å². The number of ether oxygens (including phenoxy) is 3. The molecule has 0 saturated carbocycles. The van der Waals surface area contributed by atoms with Gasteiger partial charge in [-0.2, -0.15) is 0 Å². The van der Waals surface area contributed by atoms with Crippen LogP contribution in [0.3, 0.4) is 0 Å². The normalized spacial score (nSPS) is 13.8. The Hall–Kier alpha value is -2.94. The Bertz CT molecular complexity index is 978. The van der Waals surface area contributed by atoms with Gasteiger partial charge in [0.15, 0.2) is 11.5 Å². The first-order valence-corrected chi connectivity index (χ1v) is 10.1. The number of hydrogen-bond donors (Lipinski definition) is 2. The lowest BCUT2D eigenvalue weighted by atomic mass is 10.1. The number of carbonyl (C=O) groups excluding carboxylic acids is 1. The van der Waals surface area contributed by atoms with Crippen LogP contribution in [0.1, 0.15) is 18.4 Å². The number of benzene rings is 2. The Morgan fingerprint density at radius 1 is 0.964 bits per heavy atom. The first kappa shape index (κ1) is 19.8. The van der Waals surface area contributed by atoms with Crippen LogP contribution < -0.4 is 24.2 Å². The second-order valence-corrected chi connectivity index (χ2v) is 7.92. The SMILES string of the molecule is COc1cc(NS(=O)(=O)c2ccc3c(c2)CCCC(=O)N3)cc(OC)c1OC. The summed E-state index contributed by atoms with van der Waals surface area (Å²) >= 11 is 0. The van der Waals surface area contributed by atoms with E-state index in [0.29, 0.717) is 42.2 Å². The number of amides is 1. The van der Waals surface area contributed by atoms with E-state index in [-0.39, 0.29) is 16.5 Å². The van der Waals surface area contributed by atoms with Gasteiger partial charge in [-0.05, 0) is 36.6 Å². The van der Waals surface area contributed by atoms with Gasteiger partial charge in [0.05, 0.1) is 31.9 Å². The Morgan fingerprint density at radius 3 is 2.25 bits per heavy atom. The van der Waals surface area contributed by atoms with Gasteiger partial charge in [-0.3, -0.25) is 9.52 Å². The third-order valence-electron chi connectivity index (χ3n) is 4.43. The van der Waals surface area contributed by atoms with Crippen molar-refractivity contribution in [2.75, 3.05) is 31.4 Å². The van der Waals surface area contributed by atoms with Crippen molar-refractivity contribution >= 4 is 27.3 Å². The lowest BCUT2D eigenvalue weighted by Crippen LogP contribution is -2.14. The molecule has 3 rings (SSSR count). The predicted octanol–water partition coefficient (Wildman–Crippen LogP) is 2.79. The van der Waals surface area contributed by atoms with Crippen molar-refractivity contribution in [2.45, 2.75) is 24.2 Å². The zero-order valence-electron chi connectivity index (χ0n) is 15.9. The molecule has 0 fully saturated rings. The molecule has 0 aromatic heterocycles. The van der Waals surface area contributed by atoms with Gasteiger partial charge in [-0.15, -0.1) is 0 Å². The summed E-state index contributed by atoms with van der Waals surface area (Å²) in [5, 5.41) is 2.79. The molecule has 9 heteroatoms. The second kappa shape index (κ2) is 7.97. The molecule has 1 amide bonds. The molecule has 1 heterocycles. The molecular weight excluding hydrogens is 384 g/mol. The van der Waals surface area contributed by atoms with Gasteiger partial charge in [-0.25, -0.2) is 8.42 Å². The fraction of sp³-hybridized carbons (Fsp3) is 0.316. The highest BCUT2D eigenvalue weighted by Crippen LogP contribution is 2.40. The van der Waals surface area contributed by atoms with E-state index >= 15 is 0 Å². The summed E-state index contributed by atoms with van der Waals surface area (Å²) < 4.78 is 44.1. The quantitative estimate of drug-likeness (QED) is 0.765. The van der Waals surface area contributed by atoms with Crippen LogP contribution >= 0.6 is 0 Å². The molecule has 150 valence electrons. The molecule has 8 nitrogen and oxygen atoms in total. The molecule has 2 aromatic carbocycles. The molecule has 0 unspecified atom stereocenters.